The summed E-state index contributed by atoms with van der Waals surface area (Å²) in [6, 6.07) is 8.13. The molecule has 2 N–H and O–H groups in total. The molecule has 1 aromatic carbocycles. The third kappa shape index (κ3) is 5.49. The summed E-state index contributed by atoms with van der Waals surface area (Å²) in [5.41, 5.74) is 6.53. The third-order valence-electron chi connectivity index (χ3n) is 3.35. The number of ether oxygens (including phenoxy) is 2. The molecule has 4 nitrogen and oxygen atoms in total. The minimum absolute atomic E-state index is 0.534. The molecular formula is C15H26N2O2. The molecule has 0 aromatic heterocycles. The first kappa shape index (κ1) is 15.8. The van der Waals surface area contributed by atoms with Crippen molar-refractivity contribution in [3.05, 3.63) is 24.3 Å². The number of hydrogen-bond donors (Lipinski definition) is 1. The summed E-state index contributed by atoms with van der Waals surface area (Å²) in [5, 5.41) is 0. The molecule has 0 saturated carbocycles. The van der Waals surface area contributed by atoms with Gasteiger partial charge in [-0.05, 0) is 25.5 Å². The zero-order valence-electron chi connectivity index (χ0n) is 12.3. The fraction of sp³-hybridized carbons (Fsp3) is 0.600. The van der Waals surface area contributed by atoms with Crippen LogP contribution in [-0.2, 0) is 4.74 Å². The molecule has 1 unspecified atom stereocenters. The topological polar surface area (TPSA) is 47.7 Å². The van der Waals surface area contributed by atoms with Crippen LogP contribution >= 0.6 is 0 Å². The van der Waals surface area contributed by atoms with E-state index in [-0.39, 0.29) is 0 Å². The van der Waals surface area contributed by atoms with Crippen molar-refractivity contribution in [3.8, 4) is 5.75 Å². The maximum absolute atomic E-state index is 5.85. The maximum atomic E-state index is 5.85. The standard InChI is InChI=1S/C15H26N2O2/c1-4-13(2)17(9-11-18-3)10-12-19-15-8-6-5-7-14(15)16/h5-8,13H,4,9-12,16H2,1-3H3. The van der Waals surface area contributed by atoms with E-state index in [0.717, 1.165) is 31.9 Å². The molecule has 108 valence electrons. The van der Waals surface area contributed by atoms with Gasteiger partial charge in [-0.1, -0.05) is 19.1 Å². The monoisotopic (exact) mass is 266 g/mol. The highest BCUT2D eigenvalue weighted by molar-refractivity contribution is 5.51. The summed E-state index contributed by atoms with van der Waals surface area (Å²) in [5.74, 6) is 0.762. The normalized spacial score (nSPS) is 12.6. The number of nitrogens with two attached hydrogens (primary N) is 1. The van der Waals surface area contributed by atoms with Crippen molar-refractivity contribution in [2.24, 2.45) is 0 Å². The van der Waals surface area contributed by atoms with Gasteiger partial charge in [0.1, 0.15) is 12.4 Å². The van der Waals surface area contributed by atoms with Crippen LogP contribution in [0.15, 0.2) is 24.3 Å². The first-order valence-electron chi connectivity index (χ1n) is 6.89. The van der Waals surface area contributed by atoms with Gasteiger partial charge in [-0.15, -0.1) is 0 Å². The second-order valence-corrected chi connectivity index (χ2v) is 4.67. The summed E-state index contributed by atoms with van der Waals surface area (Å²) in [6.45, 7) is 7.62. The third-order valence-corrected chi connectivity index (χ3v) is 3.35. The Bertz CT molecular complexity index is 358. The van der Waals surface area contributed by atoms with Gasteiger partial charge >= 0.3 is 0 Å². The number of para-hydroxylation sites is 2. The molecule has 19 heavy (non-hydrogen) atoms. The summed E-state index contributed by atoms with van der Waals surface area (Å²) >= 11 is 0. The zero-order valence-corrected chi connectivity index (χ0v) is 12.3. The van der Waals surface area contributed by atoms with Crippen molar-refractivity contribution in [1.29, 1.82) is 0 Å². The zero-order chi connectivity index (χ0) is 14.1. The van der Waals surface area contributed by atoms with Gasteiger partial charge < -0.3 is 15.2 Å². The number of rotatable bonds is 9. The first-order chi connectivity index (χ1) is 9.19. The molecule has 0 amide bonds. The van der Waals surface area contributed by atoms with Gasteiger partial charge in [0.05, 0.1) is 12.3 Å². The number of benzene rings is 1. The molecular weight excluding hydrogens is 240 g/mol. The van der Waals surface area contributed by atoms with Crippen molar-refractivity contribution in [2.45, 2.75) is 26.3 Å². The van der Waals surface area contributed by atoms with Crippen LogP contribution in [0.3, 0.4) is 0 Å². The van der Waals surface area contributed by atoms with Gasteiger partial charge in [-0.25, -0.2) is 0 Å². The Labute approximate surface area is 116 Å². The molecule has 1 rings (SSSR count). The summed E-state index contributed by atoms with van der Waals surface area (Å²) in [6.07, 6.45) is 1.12. The second-order valence-electron chi connectivity index (χ2n) is 4.67. The minimum atomic E-state index is 0.534. The van der Waals surface area contributed by atoms with Crippen LogP contribution in [0.25, 0.3) is 0 Å². The highest BCUT2D eigenvalue weighted by Crippen LogP contribution is 2.19. The van der Waals surface area contributed by atoms with Crippen molar-refractivity contribution in [1.82, 2.24) is 4.90 Å². The van der Waals surface area contributed by atoms with E-state index in [9.17, 15) is 0 Å². The van der Waals surface area contributed by atoms with Gasteiger partial charge in [-0.3, -0.25) is 4.90 Å². The molecule has 0 bridgehead atoms. The van der Waals surface area contributed by atoms with E-state index in [0.29, 0.717) is 18.3 Å². The highest BCUT2D eigenvalue weighted by Gasteiger charge is 2.11. The lowest BCUT2D eigenvalue weighted by Crippen LogP contribution is -2.38. The molecule has 0 aliphatic carbocycles. The fourth-order valence-corrected chi connectivity index (χ4v) is 1.90. The minimum Gasteiger partial charge on any atom is -0.490 e. The van der Waals surface area contributed by atoms with Gasteiger partial charge in [-0.2, -0.15) is 0 Å². The fourth-order valence-electron chi connectivity index (χ4n) is 1.90. The lowest BCUT2D eigenvalue weighted by atomic mass is 10.2. The van der Waals surface area contributed by atoms with Gasteiger partial charge in [0.15, 0.2) is 0 Å². The summed E-state index contributed by atoms with van der Waals surface area (Å²) in [4.78, 5) is 2.38. The molecule has 0 aliphatic heterocycles. The van der Waals surface area contributed by atoms with Crippen LogP contribution < -0.4 is 10.5 Å². The predicted molar refractivity (Wildman–Crippen MR) is 79.6 cm³/mol. The van der Waals surface area contributed by atoms with E-state index in [1.54, 1.807) is 7.11 Å². The molecule has 0 aliphatic rings. The molecule has 0 spiro atoms. The molecule has 4 heteroatoms. The largest absolute Gasteiger partial charge is 0.490 e. The van der Waals surface area contributed by atoms with Crippen LogP contribution in [0.5, 0.6) is 5.75 Å². The predicted octanol–water partition coefficient (Wildman–Crippen LogP) is 2.39. The lowest BCUT2D eigenvalue weighted by Gasteiger charge is -2.28. The molecule has 1 atom stereocenters. The Morgan fingerprint density at radius 3 is 2.53 bits per heavy atom. The average molecular weight is 266 g/mol. The molecule has 0 heterocycles. The Hall–Kier alpha value is -1.26. The smallest absolute Gasteiger partial charge is 0.142 e. The summed E-state index contributed by atoms with van der Waals surface area (Å²) < 4.78 is 10.9. The number of anilines is 1. The van der Waals surface area contributed by atoms with Crippen LogP contribution in [0.2, 0.25) is 0 Å². The SMILES string of the molecule is CCC(C)N(CCOC)CCOc1ccccc1N. The van der Waals surface area contributed by atoms with Gasteiger partial charge in [0.25, 0.3) is 0 Å². The van der Waals surface area contributed by atoms with E-state index in [2.05, 4.69) is 18.7 Å². The number of hydrogen-bond acceptors (Lipinski definition) is 4. The Balaban J connectivity index is 2.41. The number of nitrogen functional groups attached to an aromatic ring is 1. The molecule has 0 fully saturated rings. The number of nitrogens with zero attached hydrogens (tertiary/aromatic N) is 1. The van der Waals surface area contributed by atoms with E-state index in [4.69, 9.17) is 15.2 Å². The molecule has 0 radical (unpaired) electrons. The van der Waals surface area contributed by atoms with Crippen LogP contribution in [0, 0.1) is 0 Å². The van der Waals surface area contributed by atoms with Gasteiger partial charge in [0, 0.05) is 26.2 Å². The average Bonchev–Trinajstić information content (AvgIpc) is 2.43. The highest BCUT2D eigenvalue weighted by atomic mass is 16.5. The van der Waals surface area contributed by atoms with Crippen LogP contribution in [0.1, 0.15) is 20.3 Å². The van der Waals surface area contributed by atoms with E-state index in [1.165, 1.54) is 0 Å². The molecule has 0 saturated heterocycles. The Morgan fingerprint density at radius 1 is 1.21 bits per heavy atom. The van der Waals surface area contributed by atoms with E-state index < -0.39 is 0 Å². The van der Waals surface area contributed by atoms with Crippen molar-refractivity contribution >= 4 is 5.69 Å². The quantitative estimate of drug-likeness (QED) is 0.697. The van der Waals surface area contributed by atoms with Crippen molar-refractivity contribution in [3.63, 3.8) is 0 Å². The number of methoxy groups -OCH3 is 1. The van der Waals surface area contributed by atoms with Gasteiger partial charge in [0.2, 0.25) is 0 Å². The Morgan fingerprint density at radius 2 is 1.89 bits per heavy atom. The van der Waals surface area contributed by atoms with E-state index >= 15 is 0 Å². The van der Waals surface area contributed by atoms with Crippen LogP contribution in [0.4, 0.5) is 5.69 Å². The van der Waals surface area contributed by atoms with E-state index in [1.807, 2.05) is 24.3 Å². The lowest BCUT2D eigenvalue weighted by molar-refractivity contribution is 0.109. The second kappa shape index (κ2) is 8.77. The van der Waals surface area contributed by atoms with Crippen LogP contribution in [-0.4, -0.2) is 44.4 Å². The Kier molecular flexibility index (Phi) is 7.30. The summed E-state index contributed by atoms with van der Waals surface area (Å²) in [7, 11) is 1.73. The van der Waals surface area contributed by atoms with Crippen molar-refractivity contribution in [2.75, 3.05) is 39.1 Å². The first-order valence-corrected chi connectivity index (χ1v) is 6.89. The van der Waals surface area contributed by atoms with Crippen molar-refractivity contribution < 1.29 is 9.47 Å². The molecule has 1 aromatic rings. The maximum Gasteiger partial charge on any atom is 0.142 e.